The van der Waals surface area contributed by atoms with E-state index in [0.717, 1.165) is 74.5 Å². The third-order valence-corrected chi connectivity index (χ3v) is 6.18. The number of nitrogens with one attached hydrogen (secondary N) is 1. The second-order valence-electron chi connectivity index (χ2n) is 8.33. The Morgan fingerprint density at radius 1 is 0.964 bits per heavy atom. The normalized spacial score (nSPS) is 21.1. The second kappa shape index (κ2) is 7.53. The van der Waals surface area contributed by atoms with Gasteiger partial charge in [0, 0.05) is 44.3 Å². The Morgan fingerprint density at radius 2 is 1.75 bits per heavy atom. The summed E-state index contributed by atoms with van der Waals surface area (Å²) in [7, 11) is 0. The van der Waals surface area contributed by atoms with E-state index < -0.39 is 0 Å². The molecular formula is C21H28N6O. The molecule has 0 spiro atoms. The summed E-state index contributed by atoms with van der Waals surface area (Å²) in [6.07, 6.45) is 11.3. The van der Waals surface area contributed by atoms with Crippen molar-refractivity contribution >= 4 is 28.6 Å². The first-order valence-corrected chi connectivity index (χ1v) is 10.7. The summed E-state index contributed by atoms with van der Waals surface area (Å²) in [4.78, 5) is 31.1. The molecule has 3 aliphatic rings. The maximum atomic E-state index is 12.9. The third-order valence-electron chi connectivity index (χ3n) is 6.18. The van der Waals surface area contributed by atoms with Crippen LogP contribution in [0.15, 0.2) is 18.5 Å². The molecule has 0 radical (unpaired) electrons. The predicted octanol–water partition coefficient (Wildman–Crippen LogP) is 2.83. The molecule has 0 aromatic carbocycles. The molecule has 2 aromatic rings. The summed E-state index contributed by atoms with van der Waals surface area (Å²) < 4.78 is 0. The van der Waals surface area contributed by atoms with Crippen molar-refractivity contribution in [2.45, 2.75) is 51.0 Å². The molecule has 2 aromatic heterocycles. The van der Waals surface area contributed by atoms with E-state index in [2.05, 4.69) is 20.1 Å². The van der Waals surface area contributed by atoms with Gasteiger partial charge in [0.1, 0.15) is 5.52 Å². The van der Waals surface area contributed by atoms with Crippen molar-refractivity contribution in [3.8, 4) is 0 Å². The maximum Gasteiger partial charge on any atom is 0.225 e. The van der Waals surface area contributed by atoms with Crippen LogP contribution in [-0.4, -0.2) is 58.0 Å². The Morgan fingerprint density at radius 3 is 2.50 bits per heavy atom. The molecule has 4 heterocycles. The van der Waals surface area contributed by atoms with Gasteiger partial charge >= 0.3 is 0 Å². The van der Waals surface area contributed by atoms with Crippen molar-refractivity contribution in [1.82, 2.24) is 19.9 Å². The molecule has 0 bridgehead atoms. The molecule has 2 aliphatic heterocycles. The van der Waals surface area contributed by atoms with Crippen molar-refractivity contribution in [2.24, 2.45) is 5.92 Å². The van der Waals surface area contributed by atoms with Gasteiger partial charge in [-0.1, -0.05) is 0 Å². The van der Waals surface area contributed by atoms with E-state index in [4.69, 9.17) is 9.97 Å². The molecule has 1 amide bonds. The van der Waals surface area contributed by atoms with Gasteiger partial charge in [-0.3, -0.25) is 9.78 Å². The SMILES string of the molecule is O=C(C1CCN(c2nc3cnccc3nc2NC2CC2)CC1)N1CCCCC1. The quantitative estimate of drug-likeness (QED) is 0.879. The highest BCUT2D eigenvalue weighted by molar-refractivity contribution is 5.81. The summed E-state index contributed by atoms with van der Waals surface area (Å²) in [5.41, 5.74) is 1.70. The van der Waals surface area contributed by atoms with Crippen LogP contribution in [0.25, 0.3) is 11.0 Å². The summed E-state index contributed by atoms with van der Waals surface area (Å²) >= 11 is 0. The monoisotopic (exact) mass is 380 g/mol. The van der Waals surface area contributed by atoms with Gasteiger partial charge in [0.05, 0.1) is 11.7 Å². The third kappa shape index (κ3) is 3.62. The number of aromatic nitrogens is 3. The van der Waals surface area contributed by atoms with E-state index in [-0.39, 0.29) is 5.92 Å². The van der Waals surface area contributed by atoms with Gasteiger partial charge in [-0.25, -0.2) is 9.97 Å². The van der Waals surface area contributed by atoms with Crippen molar-refractivity contribution in [1.29, 1.82) is 0 Å². The first-order chi connectivity index (χ1) is 13.8. The molecule has 7 heteroatoms. The molecule has 1 saturated carbocycles. The number of amides is 1. The van der Waals surface area contributed by atoms with E-state index in [9.17, 15) is 4.79 Å². The van der Waals surface area contributed by atoms with E-state index in [1.165, 1.54) is 19.3 Å². The molecule has 2 saturated heterocycles. The van der Waals surface area contributed by atoms with Crippen LogP contribution in [0.3, 0.4) is 0 Å². The highest BCUT2D eigenvalue weighted by atomic mass is 16.2. The summed E-state index contributed by atoms with van der Waals surface area (Å²) in [6, 6.07) is 2.43. The highest BCUT2D eigenvalue weighted by Gasteiger charge is 2.31. The van der Waals surface area contributed by atoms with Crippen LogP contribution in [0.4, 0.5) is 11.6 Å². The van der Waals surface area contributed by atoms with E-state index in [1.54, 1.807) is 12.4 Å². The fraction of sp³-hybridized carbons (Fsp3) is 0.619. The minimum absolute atomic E-state index is 0.157. The molecule has 148 valence electrons. The Bertz CT molecular complexity index is 853. The van der Waals surface area contributed by atoms with Gasteiger partial charge in [-0.2, -0.15) is 0 Å². The standard InChI is InChI=1S/C21H28N6O/c28-21(27-10-2-1-3-11-27)15-7-12-26(13-8-15)20-19(23-16-4-5-16)24-17-6-9-22-14-18(17)25-20/h6,9,14-16H,1-5,7-8,10-13H2,(H,23,24). The smallest absolute Gasteiger partial charge is 0.225 e. The van der Waals surface area contributed by atoms with E-state index >= 15 is 0 Å². The number of hydrogen-bond donors (Lipinski definition) is 1. The number of likely N-dealkylation sites (tertiary alicyclic amines) is 1. The topological polar surface area (TPSA) is 74.2 Å². The molecule has 1 N–H and O–H groups in total. The zero-order valence-corrected chi connectivity index (χ0v) is 16.3. The van der Waals surface area contributed by atoms with Crippen LogP contribution in [0.1, 0.15) is 44.9 Å². The fourth-order valence-corrected chi connectivity index (χ4v) is 4.35. The molecular weight excluding hydrogens is 352 g/mol. The number of carbonyl (C=O) groups excluding carboxylic acids is 1. The van der Waals surface area contributed by atoms with Crippen molar-refractivity contribution < 1.29 is 4.79 Å². The number of rotatable bonds is 4. The van der Waals surface area contributed by atoms with Crippen LogP contribution in [0, 0.1) is 5.92 Å². The van der Waals surface area contributed by atoms with Crippen LogP contribution in [0.5, 0.6) is 0 Å². The van der Waals surface area contributed by atoms with Gasteiger partial charge < -0.3 is 15.1 Å². The Hall–Kier alpha value is -2.44. The zero-order valence-electron chi connectivity index (χ0n) is 16.3. The van der Waals surface area contributed by atoms with Gasteiger partial charge in [0.15, 0.2) is 11.6 Å². The van der Waals surface area contributed by atoms with Crippen LogP contribution >= 0.6 is 0 Å². The predicted molar refractivity (Wildman–Crippen MR) is 109 cm³/mol. The number of nitrogens with zero attached hydrogens (tertiary/aromatic N) is 5. The molecule has 7 nitrogen and oxygen atoms in total. The van der Waals surface area contributed by atoms with Gasteiger partial charge in [0.2, 0.25) is 5.91 Å². The maximum absolute atomic E-state index is 12.9. The first kappa shape index (κ1) is 17.6. The van der Waals surface area contributed by atoms with Crippen LogP contribution in [-0.2, 0) is 4.79 Å². The molecule has 0 unspecified atom stereocenters. The van der Waals surface area contributed by atoms with Crippen molar-refractivity contribution in [3.05, 3.63) is 18.5 Å². The molecule has 5 rings (SSSR count). The fourth-order valence-electron chi connectivity index (χ4n) is 4.35. The number of anilines is 2. The van der Waals surface area contributed by atoms with Crippen LogP contribution < -0.4 is 10.2 Å². The summed E-state index contributed by atoms with van der Waals surface area (Å²) in [5, 5.41) is 3.55. The average Bonchev–Trinajstić information content (AvgIpc) is 3.57. The van der Waals surface area contributed by atoms with Gasteiger partial charge in [-0.15, -0.1) is 0 Å². The molecule has 28 heavy (non-hydrogen) atoms. The average molecular weight is 380 g/mol. The second-order valence-corrected chi connectivity index (χ2v) is 8.33. The molecule has 0 atom stereocenters. The number of fused-ring (bicyclic) bond motifs is 1. The van der Waals surface area contributed by atoms with Crippen LogP contribution in [0.2, 0.25) is 0 Å². The van der Waals surface area contributed by atoms with Crippen molar-refractivity contribution in [2.75, 3.05) is 36.4 Å². The number of hydrogen-bond acceptors (Lipinski definition) is 6. The lowest BCUT2D eigenvalue weighted by Gasteiger charge is -2.36. The Labute approximate surface area is 165 Å². The minimum Gasteiger partial charge on any atom is -0.364 e. The summed E-state index contributed by atoms with van der Waals surface area (Å²) in [5.74, 6) is 2.31. The minimum atomic E-state index is 0.157. The van der Waals surface area contributed by atoms with E-state index in [1.807, 2.05) is 6.07 Å². The Kier molecular flexibility index (Phi) is 4.74. The van der Waals surface area contributed by atoms with Gasteiger partial charge in [0.25, 0.3) is 0 Å². The largest absolute Gasteiger partial charge is 0.364 e. The first-order valence-electron chi connectivity index (χ1n) is 10.7. The number of pyridine rings is 1. The lowest BCUT2D eigenvalue weighted by atomic mass is 9.94. The highest BCUT2D eigenvalue weighted by Crippen LogP contribution is 2.33. The number of piperidine rings is 2. The zero-order chi connectivity index (χ0) is 18.9. The van der Waals surface area contributed by atoms with E-state index in [0.29, 0.717) is 11.9 Å². The Balaban J connectivity index is 1.32. The molecule has 1 aliphatic carbocycles. The lowest BCUT2D eigenvalue weighted by Crippen LogP contribution is -2.44. The van der Waals surface area contributed by atoms with Crippen molar-refractivity contribution in [3.63, 3.8) is 0 Å². The number of carbonyl (C=O) groups is 1. The van der Waals surface area contributed by atoms with Gasteiger partial charge in [-0.05, 0) is 51.0 Å². The summed E-state index contributed by atoms with van der Waals surface area (Å²) in [6.45, 7) is 3.59. The molecule has 3 fully saturated rings. The lowest BCUT2D eigenvalue weighted by molar-refractivity contribution is -0.137.